The largest absolute Gasteiger partial charge is 0.294 e. The van der Waals surface area contributed by atoms with E-state index in [1.807, 2.05) is 0 Å². The smallest absolute Gasteiger partial charge is 0.163 e. The molecular weight excluding hydrogens is 328 g/mol. The van der Waals surface area contributed by atoms with E-state index in [1.165, 1.54) is 51.4 Å². The highest BCUT2D eigenvalue weighted by Crippen LogP contribution is 2.51. The van der Waals surface area contributed by atoms with Crippen LogP contribution in [-0.4, -0.2) is 17.3 Å². The molecule has 3 aliphatic carbocycles. The van der Waals surface area contributed by atoms with Crippen molar-refractivity contribution in [2.75, 3.05) is 5.75 Å². The Bertz CT molecular complexity index is 548. The number of hydrogen-bond donors (Lipinski definition) is 1. The lowest BCUT2D eigenvalue weighted by molar-refractivity contribution is -0.130. The van der Waals surface area contributed by atoms with Crippen molar-refractivity contribution < 1.29 is 9.59 Å². The van der Waals surface area contributed by atoms with Crippen molar-refractivity contribution in [1.29, 1.82) is 0 Å². The van der Waals surface area contributed by atoms with Gasteiger partial charge < -0.3 is 0 Å². The van der Waals surface area contributed by atoms with Crippen LogP contribution in [0.1, 0.15) is 70.6 Å². The standard InChI is InChI=1S/C22H32O2S/c23-19-15-18(10-8-6-4-2-1-3-5-7-9-13-25)22(24)21-17-12-11-16(14-17)20(19)21/h11-12,15-17,20-21,25H,1-10,13-14H2. The average molecular weight is 361 g/mol. The fourth-order valence-electron chi connectivity index (χ4n) is 4.98. The second-order valence-electron chi connectivity index (χ2n) is 8.09. The van der Waals surface area contributed by atoms with Gasteiger partial charge in [0.2, 0.25) is 0 Å². The molecule has 4 atom stereocenters. The van der Waals surface area contributed by atoms with Crippen LogP contribution in [0, 0.1) is 23.7 Å². The molecule has 138 valence electrons. The maximum absolute atomic E-state index is 12.8. The van der Waals surface area contributed by atoms with E-state index in [4.69, 9.17) is 0 Å². The fourth-order valence-corrected chi connectivity index (χ4v) is 5.20. The lowest BCUT2D eigenvalue weighted by Crippen LogP contribution is -2.37. The SMILES string of the molecule is O=C1C=C(CCCCCCCCCCCS)C(=O)C2C3C=CC(C3)C12. The third-order valence-electron chi connectivity index (χ3n) is 6.33. The third kappa shape index (κ3) is 4.48. The van der Waals surface area contributed by atoms with Gasteiger partial charge in [0.1, 0.15) is 0 Å². The number of Topliss-reactive ketones (excluding diaryl/α,β-unsaturated/α-hetero) is 1. The van der Waals surface area contributed by atoms with Crippen LogP contribution in [-0.2, 0) is 9.59 Å². The molecule has 2 bridgehead atoms. The maximum Gasteiger partial charge on any atom is 0.163 e. The van der Waals surface area contributed by atoms with Gasteiger partial charge in [-0.2, -0.15) is 12.6 Å². The van der Waals surface area contributed by atoms with E-state index in [0.717, 1.165) is 30.6 Å². The van der Waals surface area contributed by atoms with Gasteiger partial charge >= 0.3 is 0 Å². The lowest BCUT2D eigenvalue weighted by Gasteiger charge is -2.29. The molecule has 3 rings (SSSR count). The highest BCUT2D eigenvalue weighted by molar-refractivity contribution is 7.80. The van der Waals surface area contributed by atoms with E-state index >= 15 is 0 Å². The third-order valence-corrected chi connectivity index (χ3v) is 6.64. The zero-order chi connectivity index (χ0) is 17.6. The molecule has 0 N–H and O–H groups in total. The molecule has 3 aliphatic rings. The number of thiol groups is 1. The molecule has 2 nitrogen and oxygen atoms in total. The van der Waals surface area contributed by atoms with Gasteiger partial charge in [0.15, 0.2) is 11.6 Å². The molecule has 0 amide bonds. The number of fused-ring (bicyclic) bond motifs is 5. The van der Waals surface area contributed by atoms with Crippen molar-refractivity contribution in [2.24, 2.45) is 23.7 Å². The minimum Gasteiger partial charge on any atom is -0.294 e. The van der Waals surface area contributed by atoms with Gasteiger partial charge in [-0.15, -0.1) is 0 Å². The van der Waals surface area contributed by atoms with E-state index in [2.05, 4.69) is 24.8 Å². The molecule has 0 heterocycles. The summed E-state index contributed by atoms with van der Waals surface area (Å²) < 4.78 is 0. The summed E-state index contributed by atoms with van der Waals surface area (Å²) in [5, 5.41) is 0. The zero-order valence-corrected chi connectivity index (χ0v) is 16.2. The van der Waals surface area contributed by atoms with Crippen LogP contribution in [0.25, 0.3) is 0 Å². The van der Waals surface area contributed by atoms with Crippen molar-refractivity contribution in [2.45, 2.75) is 70.6 Å². The first-order valence-electron chi connectivity index (χ1n) is 10.3. The molecule has 0 aromatic rings. The molecule has 0 aliphatic heterocycles. The number of hydrogen-bond acceptors (Lipinski definition) is 3. The van der Waals surface area contributed by atoms with E-state index < -0.39 is 0 Å². The average Bonchev–Trinajstić information content (AvgIpc) is 3.22. The van der Waals surface area contributed by atoms with Crippen LogP contribution >= 0.6 is 12.6 Å². The molecule has 4 unspecified atom stereocenters. The number of carbonyl (C=O) groups is 2. The molecule has 0 radical (unpaired) electrons. The summed E-state index contributed by atoms with van der Waals surface area (Å²) in [6, 6.07) is 0. The number of allylic oxidation sites excluding steroid dienone is 4. The molecule has 0 aromatic carbocycles. The summed E-state index contributed by atoms with van der Waals surface area (Å²) >= 11 is 4.24. The molecule has 25 heavy (non-hydrogen) atoms. The maximum atomic E-state index is 12.8. The molecule has 0 saturated heterocycles. The quantitative estimate of drug-likeness (QED) is 0.307. The molecule has 3 heteroatoms. The summed E-state index contributed by atoms with van der Waals surface area (Å²) in [4.78, 5) is 25.2. The monoisotopic (exact) mass is 360 g/mol. The van der Waals surface area contributed by atoms with E-state index in [0.29, 0.717) is 11.8 Å². The van der Waals surface area contributed by atoms with Gasteiger partial charge in [-0.25, -0.2) is 0 Å². The summed E-state index contributed by atoms with van der Waals surface area (Å²) in [5.74, 6) is 2.11. The Hall–Kier alpha value is -0.830. The lowest BCUT2D eigenvalue weighted by atomic mass is 9.71. The van der Waals surface area contributed by atoms with Crippen molar-refractivity contribution in [1.82, 2.24) is 0 Å². The van der Waals surface area contributed by atoms with Crippen LogP contribution in [0.3, 0.4) is 0 Å². The Kier molecular flexibility index (Phi) is 6.98. The van der Waals surface area contributed by atoms with Crippen molar-refractivity contribution >= 4 is 24.2 Å². The summed E-state index contributed by atoms with van der Waals surface area (Å²) in [7, 11) is 0. The second kappa shape index (κ2) is 9.21. The van der Waals surface area contributed by atoms with E-state index in [1.54, 1.807) is 6.08 Å². The predicted octanol–water partition coefficient (Wildman–Crippen LogP) is 5.33. The Morgan fingerprint density at radius 3 is 2.00 bits per heavy atom. The van der Waals surface area contributed by atoms with Crippen LogP contribution in [0.2, 0.25) is 0 Å². The van der Waals surface area contributed by atoms with Gasteiger partial charge in [0.05, 0.1) is 0 Å². The predicted molar refractivity (Wildman–Crippen MR) is 106 cm³/mol. The molecule has 0 spiro atoms. The molecule has 1 fully saturated rings. The Balaban J connectivity index is 1.33. The topological polar surface area (TPSA) is 34.1 Å². The van der Waals surface area contributed by atoms with Gasteiger partial charge in [0, 0.05) is 11.8 Å². The van der Waals surface area contributed by atoms with Gasteiger partial charge in [-0.3, -0.25) is 9.59 Å². The normalized spacial score (nSPS) is 30.0. The molecular formula is C22H32O2S. The van der Waals surface area contributed by atoms with Crippen LogP contribution in [0.4, 0.5) is 0 Å². The highest BCUT2D eigenvalue weighted by Gasteiger charge is 2.52. The minimum atomic E-state index is -0.0335. The van der Waals surface area contributed by atoms with E-state index in [-0.39, 0.29) is 23.4 Å². The second-order valence-corrected chi connectivity index (χ2v) is 8.54. The number of unbranched alkanes of at least 4 members (excludes halogenated alkanes) is 8. The molecule has 1 saturated carbocycles. The Morgan fingerprint density at radius 2 is 1.36 bits per heavy atom. The number of rotatable bonds is 11. The van der Waals surface area contributed by atoms with Crippen LogP contribution in [0.5, 0.6) is 0 Å². The Morgan fingerprint density at radius 1 is 0.800 bits per heavy atom. The molecule has 0 aromatic heterocycles. The van der Waals surface area contributed by atoms with Crippen LogP contribution < -0.4 is 0 Å². The minimum absolute atomic E-state index is 0.0280. The van der Waals surface area contributed by atoms with Gasteiger partial charge in [-0.05, 0) is 54.9 Å². The Labute approximate surface area is 157 Å². The summed E-state index contributed by atoms with van der Waals surface area (Å²) in [6.07, 6.45) is 19.2. The van der Waals surface area contributed by atoms with Crippen molar-refractivity contribution in [3.63, 3.8) is 0 Å². The van der Waals surface area contributed by atoms with Crippen molar-refractivity contribution in [3.8, 4) is 0 Å². The first kappa shape index (κ1) is 18.9. The van der Waals surface area contributed by atoms with Crippen LogP contribution in [0.15, 0.2) is 23.8 Å². The first-order chi connectivity index (χ1) is 12.2. The zero-order valence-electron chi connectivity index (χ0n) is 15.3. The highest BCUT2D eigenvalue weighted by atomic mass is 32.1. The number of ketones is 2. The summed E-state index contributed by atoms with van der Waals surface area (Å²) in [6.45, 7) is 0. The van der Waals surface area contributed by atoms with Crippen molar-refractivity contribution in [3.05, 3.63) is 23.8 Å². The fraction of sp³-hybridized carbons (Fsp3) is 0.727. The van der Waals surface area contributed by atoms with E-state index in [9.17, 15) is 9.59 Å². The summed E-state index contributed by atoms with van der Waals surface area (Å²) in [5.41, 5.74) is 0.818. The first-order valence-corrected chi connectivity index (χ1v) is 10.9. The number of carbonyl (C=O) groups excluding carboxylic acids is 2. The van der Waals surface area contributed by atoms with Gasteiger partial charge in [-0.1, -0.05) is 57.1 Å². The van der Waals surface area contributed by atoms with Gasteiger partial charge in [0.25, 0.3) is 0 Å².